The fraction of sp³-hybridized carbons (Fsp3) is 0.125. The predicted octanol–water partition coefficient (Wildman–Crippen LogP) is 7.69. The van der Waals surface area contributed by atoms with E-state index in [4.69, 9.17) is 28.2 Å². The minimum absolute atomic E-state index is 0.665. The molecular weight excluding hydrogens is 479 g/mol. The van der Waals surface area contributed by atoms with Gasteiger partial charge in [0.2, 0.25) is 0 Å². The largest absolute Gasteiger partial charge is 0.326 e. The number of hydrogen-bond donors (Lipinski definition) is 2. The highest BCUT2D eigenvalue weighted by atomic mass is 35.5. The van der Waals surface area contributed by atoms with Crippen molar-refractivity contribution in [2.24, 2.45) is 0 Å². The molecule has 0 spiro atoms. The minimum Gasteiger partial charge on any atom is -0.326 e. The van der Waals surface area contributed by atoms with Gasteiger partial charge in [-0.15, -0.1) is 0 Å². The molecule has 0 unspecified atom stereocenters. The van der Waals surface area contributed by atoms with Gasteiger partial charge in [-0.2, -0.15) is 0 Å². The van der Waals surface area contributed by atoms with Crippen LogP contribution in [0.2, 0.25) is 10.0 Å². The number of halogens is 2. The van der Waals surface area contributed by atoms with Crippen molar-refractivity contribution in [3.8, 4) is 11.3 Å². The number of pyridine rings is 1. The molecule has 5 rings (SSSR count). The average Bonchev–Trinajstić information content (AvgIpc) is 2.84. The Bertz CT molecular complexity index is 1260. The van der Waals surface area contributed by atoms with Crippen LogP contribution in [0.1, 0.15) is 6.42 Å². The van der Waals surface area contributed by atoms with E-state index in [9.17, 15) is 0 Å². The predicted molar refractivity (Wildman–Crippen MR) is 141 cm³/mol. The zero-order valence-electron chi connectivity index (χ0n) is 17.0. The number of fused-ring (bicyclic) bond motifs is 1. The average molecular weight is 499 g/mol. The highest BCUT2D eigenvalue weighted by molar-refractivity contribution is 8.00. The van der Waals surface area contributed by atoms with E-state index in [1.807, 2.05) is 54.6 Å². The number of para-hydroxylation sites is 1. The maximum absolute atomic E-state index is 6.57. The molecule has 3 aromatic carbocycles. The number of benzene rings is 3. The van der Waals surface area contributed by atoms with Gasteiger partial charge in [0.25, 0.3) is 0 Å². The quantitative estimate of drug-likeness (QED) is 0.274. The van der Waals surface area contributed by atoms with Crippen LogP contribution in [0.5, 0.6) is 0 Å². The van der Waals surface area contributed by atoms with Crippen LogP contribution < -0.4 is 13.7 Å². The second-order valence-electron chi connectivity index (χ2n) is 7.34. The van der Waals surface area contributed by atoms with Gasteiger partial charge in [0, 0.05) is 52.4 Å². The lowest BCUT2D eigenvalue weighted by Gasteiger charge is -2.27. The number of anilines is 2. The fourth-order valence-electron chi connectivity index (χ4n) is 3.49. The van der Waals surface area contributed by atoms with Crippen LogP contribution in [-0.2, 0) is 0 Å². The maximum Gasteiger partial charge on any atom is 0.0725 e. The molecule has 1 saturated heterocycles. The van der Waals surface area contributed by atoms with E-state index < -0.39 is 0 Å². The molecule has 32 heavy (non-hydrogen) atoms. The van der Waals surface area contributed by atoms with E-state index in [-0.39, 0.29) is 0 Å². The molecule has 4 nitrogen and oxygen atoms in total. The molecular formula is C24H20Cl2N4S2. The lowest BCUT2D eigenvalue weighted by atomic mass is 10.1. The van der Waals surface area contributed by atoms with Crippen molar-refractivity contribution < 1.29 is 0 Å². The monoisotopic (exact) mass is 498 g/mol. The summed E-state index contributed by atoms with van der Waals surface area (Å²) in [5, 5.41) is 2.49. The molecule has 0 aliphatic carbocycles. The summed E-state index contributed by atoms with van der Waals surface area (Å²) >= 11 is 16.2. The Labute approximate surface area is 206 Å². The lowest BCUT2D eigenvalue weighted by Crippen LogP contribution is -2.29. The second kappa shape index (κ2) is 9.81. The molecule has 162 valence electrons. The SMILES string of the molecule is Clc1cc(N2CCCNS2)ccc1SNc1ccc(Cl)c(-c2ccc3ccccc3n2)c1. The summed E-state index contributed by atoms with van der Waals surface area (Å²) in [4.78, 5) is 5.75. The Morgan fingerprint density at radius 2 is 1.88 bits per heavy atom. The molecule has 1 aliphatic rings. The molecule has 0 radical (unpaired) electrons. The summed E-state index contributed by atoms with van der Waals surface area (Å²) in [6.45, 7) is 2.04. The molecule has 0 saturated carbocycles. The van der Waals surface area contributed by atoms with Gasteiger partial charge in [-0.25, -0.2) is 9.71 Å². The smallest absolute Gasteiger partial charge is 0.0725 e. The van der Waals surface area contributed by atoms with Gasteiger partial charge in [0.15, 0.2) is 0 Å². The molecule has 1 aromatic heterocycles. The van der Waals surface area contributed by atoms with Crippen LogP contribution in [0.3, 0.4) is 0 Å². The van der Waals surface area contributed by atoms with Crippen LogP contribution in [0.15, 0.2) is 77.7 Å². The van der Waals surface area contributed by atoms with E-state index in [1.54, 1.807) is 12.1 Å². The van der Waals surface area contributed by atoms with Crippen molar-refractivity contribution >= 4 is 69.6 Å². The van der Waals surface area contributed by atoms with Crippen molar-refractivity contribution in [3.05, 3.63) is 82.8 Å². The maximum atomic E-state index is 6.57. The summed E-state index contributed by atoms with van der Waals surface area (Å²) in [5.74, 6) is 0. The first-order valence-corrected chi connectivity index (χ1v) is 12.6. The Morgan fingerprint density at radius 3 is 2.72 bits per heavy atom. The Kier molecular flexibility index (Phi) is 6.67. The van der Waals surface area contributed by atoms with Crippen molar-refractivity contribution in [3.63, 3.8) is 0 Å². The first-order chi connectivity index (χ1) is 15.7. The molecule has 1 fully saturated rings. The molecule has 0 bridgehead atoms. The molecule has 8 heteroatoms. The zero-order valence-corrected chi connectivity index (χ0v) is 20.2. The second-order valence-corrected chi connectivity index (χ2v) is 9.92. The van der Waals surface area contributed by atoms with Crippen molar-refractivity contribution in [1.29, 1.82) is 0 Å². The van der Waals surface area contributed by atoms with Gasteiger partial charge in [-0.3, -0.25) is 0 Å². The Morgan fingerprint density at radius 1 is 0.969 bits per heavy atom. The van der Waals surface area contributed by atoms with Gasteiger partial charge < -0.3 is 9.03 Å². The van der Waals surface area contributed by atoms with Gasteiger partial charge in [0.1, 0.15) is 0 Å². The summed E-state index contributed by atoms with van der Waals surface area (Å²) in [6, 6.07) is 24.2. The number of nitrogens with one attached hydrogen (secondary N) is 2. The molecule has 0 atom stereocenters. The molecule has 2 N–H and O–H groups in total. The topological polar surface area (TPSA) is 40.2 Å². The number of rotatable bonds is 5. The summed E-state index contributed by atoms with van der Waals surface area (Å²) in [6.07, 6.45) is 1.12. The third-order valence-corrected chi connectivity index (χ3v) is 7.75. The normalized spacial score (nSPS) is 14.0. The number of hydrogen-bond acceptors (Lipinski definition) is 6. The molecule has 2 heterocycles. The first kappa shape index (κ1) is 21.7. The van der Waals surface area contributed by atoms with Crippen LogP contribution in [0.25, 0.3) is 22.2 Å². The number of aromatic nitrogens is 1. The van der Waals surface area contributed by atoms with Crippen molar-refractivity contribution in [1.82, 2.24) is 9.71 Å². The van der Waals surface area contributed by atoms with Crippen LogP contribution in [-0.4, -0.2) is 18.1 Å². The Balaban J connectivity index is 1.34. The third kappa shape index (κ3) is 4.80. The van der Waals surface area contributed by atoms with E-state index in [0.717, 1.165) is 63.0 Å². The van der Waals surface area contributed by atoms with Crippen LogP contribution >= 0.6 is 47.3 Å². The fourth-order valence-corrected chi connectivity index (χ4v) is 5.47. The summed E-state index contributed by atoms with van der Waals surface area (Å²) in [7, 11) is 0. The van der Waals surface area contributed by atoms with Gasteiger partial charge in [-0.1, -0.05) is 47.5 Å². The summed E-state index contributed by atoms with van der Waals surface area (Å²) in [5.41, 5.74) is 4.72. The Hall–Kier alpha value is -2.09. The molecule has 1 aliphatic heterocycles. The van der Waals surface area contributed by atoms with E-state index in [2.05, 4.69) is 31.9 Å². The van der Waals surface area contributed by atoms with Crippen molar-refractivity contribution in [2.45, 2.75) is 11.3 Å². The zero-order chi connectivity index (χ0) is 21.9. The standard InChI is InChI=1S/C24H20Cl2N4S2/c25-20-9-7-17(14-19(20)23-10-6-16-4-1-2-5-22(16)28-23)29-31-24-11-8-18(15-21(24)26)30-13-3-12-27-32-30/h1-2,4-11,14-15,27,29H,3,12-13H2. The molecule has 4 aromatic rings. The van der Waals surface area contributed by atoms with Crippen LogP contribution in [0, 0.1) is 0 Å². The van der Waals surface area contributed by atoms with Crippen molar-refractivity contribution in [2.75, 3.05) is 22.1 Å². The van der Waals surface area contributed by atoms with Crippen LogP contribution in [0.4, 0.5) is 11.4 Å². The summed E-state index contributed by atoms with van der Waals surface area (Å²) < 4.78 is 8.92. The highest BCUT2D eigenvalue weighted by Crippen LogP contribution is 2.36. The minimum atomic E-state index is 0.665. The first-order valence-electron chi connectivity index (χ1n) is 10.2. The van der Waals surface area contributed by atoms with E-state index in [0.29, 0.717) is 5.02 Å². The highest BCUT2D eigenvalue weighted by Gasteiger charge is 2.14. The number of nitrogens with zero attached hydrogens (tertiary/aromatic N) is 2. The van der Waals surface area contributed by atoms with E-state index >= 15 is 0 Å². The third-order valence-electron chi connectivity index (χ3n) is 5.14. The van der Waals surface area contributed by atoms with Gasteiger partial charge in [-0.05, 0) is 66.9 Å². The van der Waals surface area contributed by atoms with Gasteiger partial charge >= 0.3 is 0 Å². The van der Waals surface area contributed by atoms with Gasteiger partial charge in [0.05, 0.1) is 21.3 Å². The molecule has 0 amide bonds. The van der Waals surface area contributed by atoms with E-state index in [1.165, 1.54) is 11.9 Å². The lowest BCUT2D eigenvalue weighted by molar-refractivity contribution is 0.777.